The van der Waals surface area contributed by atoms with Crippen LogP contribution in [0.1, 0.15) is 17.5 Å². The molecule has 0 fully saturated rings. The maximum atomic E-state index is 11.5. The molecule has 0 aliphatic heterocycles. The summed E-state index contributed by atoms with van der Waals surface area (Å²) >= 11 is 0. The number of ether oxygens (including phenoxy) is 1. The third-order valence-electron chi connectivity index (χ3n) is 4.37. The summed E-state index contributed by atoms with van der Waals surface area (Å²) in [5.41, 5.74) is 2.36. The Morgan fingerprint density at radius 3 is 2.07 bits per heavy atom. The van der Waals surface area contributed by atoms with E-state index in [2.05, 4.69) is 27.8 Å². The number of aliphatic imine (C=N–C) groups is 1. The first-order valence-electron chi connectivity index (χ1n) is 9.29. The van der Waals surface area contributed by atoms with Gasteiger partial charge < -0.3 is 15.4 Å². The Morgan fingerprint density at radius 2 is 1.50 bits per heavy atom. The van der Waals surface area contributed by atoms with Crippen LogP contribution in [0.4, 0.5) is 0 Å². The fourth-order valence-corrected chi connectivity index (χ4v) is 3.37. The second-order valence-electron chi connectivity index (χ2n) is 6.54. The zero-order chi connectivity index (χ0) is 20.4. The molecule has 0 atom stereocenters. The number of nitrogens with zero attached hydrogens (tertiary/aromatic N) is 1. The summed E-state index contributed by atoms with van der Waals surface area (Å²) in [6.45, 7) is 1.55. The van der Waals surface area contributed by atoms with E-state index in [1.165, 1.54) is 11.8 Å². The molecule has 0 aliphatic rings. The molecule has 0 bridgehead atoms. The highest BCUT2D eigenvalue weighted by Crippen LogP contribution is 2.12. The average molecular weight is 404 g/mol. The number of aryl methyl sites for hydroxylation is 1. The van der Waals surface area contributed by atoms with Crippen LogP contribution < -0.4 is 15.4 Å². The molecule has 0 aliphatic carbocycles. The number of methoxy groups -OCH3 is 1. The second-order valence-corrected chi connectivity index (χ2v) is 8.56. The number of sulfone groups is 1. The predicted molar refractivity (Wildman–Crippen MR) is 114 cm³/mol. The number of hydrogen-bond donors (Lipinski definition) is 2. The molecule has 2 rings (SSSR count). The molecule has 152 valence electrons. The molecule has 0 spiro atoms. The molecule has 0 saturated heterocycles. The molecule has 2 N–H and O–H groups in total. The summed E-state index contributed by atoms with van der Waals surface area (Å²) in [6.07, 6.45) is 3.99. The van der Waals surface area contributed by atoms with Crippen molar-refractivity contribution in [3.05, 3.63) is 59.7 Å². The minimum Gasteiger partial charge on any atom is -0.497 e. The van der Waals surface area contributed by atoms with Gasteiger partial charge >= 0.3 is 0 Å². The van der Waals surface area contributed by atoms with Gasteiger partial charge in [-0.15, -0.1) is 0 Å². The fraction of sp³-hybridized carbons (Fsp3) is 0.381. The predicted octanol–water partition coefficient (Wildman–Crippen LogP) is 2.44. The summed E-state index contributed by atoms with van der Waals surface area (Å²) in [4.78, 5) is 4.58. The lowest BCUT2D eigenvalue weighted by Crippen LogP contribution is -2.38. The first kappa shape index (κ1) is 21.8. The zero-order valence-electron chi connectivity index (χ0n) is 16.7. The van der Waals surface area contributed by atoms with Gasteiger partial charge in [0.15, 0.2) is 15.8 Å². The van der Waals surface area contributed by atoms with Crippen LogP contribution in [0, 0.1) is 0 Å². The SMILES string of the molecule is CN=C(NCCCc1ccc(OC)cc1)NCCc1ccc(S(C)(=O)=O)cc1. The van der Waals surface area contributed by atoms with Crippen LogP contribution in [0.2, 0.25) is 0 Å². The van der Waals surface area contributed by atoms with Crippen molar-refractivity contribution in [3.8, 4) is 5.75 Å². The molecule has 7 heteroatoms. The van der Waals surface area contributed by atoms with Gasteiger partial charge in [-0.2, -0.15) is 0 Å². The highest BCUT2D eigenvalue weighted by molar-refractivity contribution is 7.90. The van der Waals surface area contributed by atoms with Crippen molar-refractivity contribution in [2.75, 3.05) is 33.5 Å². The van der Waals surface area contributed by atoms with Crippen molar-refractivity contribution in [2.45, 2.75) is 24.2 Å². The number of nitrogens with one attached hydrogen (secondary N) is 2. The van der Waals surface area contributed by atoms with E-state index in [1.54, 1.807) is 26.3 Å². The molecule has 0 unspecified atom stereocenters. The third-order valence-corrected chi connectivity index (χ3v) is 5.50. The van der Waals surface area contributed by atoms with Crippen LogP contribution in [0.15, 0.2) is 58.4 Å². The Labute approximate surface area is 168 Å². The molecule has 0 radical (unpaired) electrons. The van der Waals surface area contributed by atoms with Crippen molar-refractivity contribution in [1.82, 2.24) is 10.6 Å². The first-order valence-corrected chi connectivity index (χ1v) is 11.2. The maximum Gasteiger partial charge on any atom is 0.190 e. The van der Waals surface area contributed by atoms with Crippen LogP contribution in [0.3, 0.4) is 0 Å². The summed E-state index contributed by atoms with van der Waals surface area (Å²) in [7, 11) is 0.274. The smallest absolute Gasteiger partial charge is 0.190 e. The lowest BCUT2D eigenvalue weighted by molar-refractivity contribution is 0.414. The minimum absolute atomic E-state index is 0.346. The van der Waals surface area contributed by atoms with Crippen molar-refractivity contribution in [1.29, 1.82) is 0 Å². The summed E-state index contributed by atoms with van der Waals surface area (Å²) in [6, 6.07) is 15.1. The van der Waals surface area contributed by atoms with Crippen LogP contribution >= 0.6 is 0 Å². The van der Waals surface area contributed by atoms with Gasteiger partial charge in [0, 0.05) is 26.4 Å². The van der Waals surface area contributed by atoms with E-state index in [-0.39, 0.29) is 0 Å². The Kier molecular flexibility index (Phi) is 8.32. The Morgan fingerprint density at radius 1 is 0.929 bits per heavy atom. The highest BCUT2D eigenvalue weighted by atomic mass is 32.2. The van der Waals surface area contributed by atoms with E-state index in [0.717, 1.165) is 49.6 Å². The van der Waals surface area contributed by atoms with E-state index >= 15 is 0 Å². The summed E-state index contributed by atoms with van der Waals surface area (Å²) < 4.78 is 28.1. The van der Waals surface area contributed by atoms with Crippen molar-refractivity contribution in [2.24, 2.45) is 4.99 Å². The fourth-order valence-electron chi connectivity index (χ4n) is 2.74. The van der Waals surface area contributed by atoms with Crippen molar-refractivity contribution >= 4 is 15.8 Å². The van der Waals surface area contributed by atoms with Crippen LogP contribution in [0.5, 0.6) is 5.75 Å². The van der Waals surface area contributed by atoms with Crippen molar-refractivity contribution < 1.29 is 13.2 Å². The molecule has 0 saturated carbocycles. The van der Waals surface area contributed by atoms with Gasteiger partial charge in [-0.05, 0) is 54.7 Å². The Balaban J connectivity index is 1.68. The zero-order valence-corrected chi connectivity index (χ0v) is 17.6. The number of benzene rings is 2. The van der Waals surface area contributed by atoms with E-state index in [1.807, 2.05) is 24.3 Å². The van der Waals surface area contributed by atoms with Gasteiger partial charge in [0.2, 0.25) is 0 Å². The quantitative estimate of drug-likeness (QED) is 0.382. The van der Waals surface area contributed by atoms with E-state index in [4.69, 9.17) is 4.74 Å². The number of rotatable bonds is 9. The number of guanidine groups is 1. The second kappa shape index (κ2) is 10.7. The standard InChI is InChI=1S/C21H29N3O3S/c1-22-21(23-15-4-5-17-6-10-19(27-2)11-7-17)24-16-14-18-8-12-20(13-9-18)28(3,25)26/h6-13H,4-5,14-16H2,1-3H3,(H2,22,23,24). The molecule has 0 aromatic heterocycles. The van der Waals surface area contributed by atoms with E-state index in [0.29, 0.717) is 4.90 Å². The Bertz CT molecular complexity index is 861. The van der Waals surface area contributed by atoms with Gasteiger partial charge in [-0.3, -0.25) is 4.99 Å². The van der Waals surface area contributed by atoms with Gasteiger partial charge in [0.05, 0.1) is 12.0 Å². The summed E-state index contributed by atoms with van der Waals surface area (Å²) in [5.74, 6) is 1.64. The normalized spacial score (nSPS) is 11.9. The molecular formula is C21H29N3O3S. The molecule has 0 heterocycles. The van der Waals surface area contributed by atoms with Gasteiger partial charge in [0.1, 0.15) is 5.75 Å². The van der Waals surface area contributed by atoms with Gasteiger partial charge in [0.25, 0.3) is 0 Å². The Hall–Kier alpha value is -2.54. The topological polar surface area (TPSA) is 79.8 Å². The molecule has 2 aromatic carbocycles. The largest absolute Gasteiger partial charge is 0.497 e. The molecule has 6 nitrogen and oxygen atoms in total. The van der Waals surface area contributed by atoms with Gasteiger partial charge in [-0.1, -0.05) is 24.3 Å². The maximum absolute atomic E-state index is 11.5. The van der Waals surface area contributed by atoms with Crippen LogP contribution in [-0.4, -0.2) is 47.9 Å². The summed E-state index contributed by atoms with van der Waals surface area (Å²) in [5, 5.41) is 6.59. The monoisotopic (exact) mass is 403 g/mol. The molecule has 2 aromatic rings. The lowest BCUT2D eigenvalue weighted by atomic mass is 10.1. The van der Waals surface area contributed by atoms with Gasteiger partial charge in [-0.25, -0.2) is 8.42 Å². The van der Waals surface area contributed by atoms with Crippen molar-refractivity contribution in [3.63, 3.8) is 0 Å². The molecular weight excluding hydrogens is 374 g/mol. The van der Waals surface area contributed by atoms with Crippen LogP contribution in [0.25, 0.3) is 0 Å². The average Bonchev–Trinajstić information content (AvgIpc) is 2.70. The molecule has 0 amide bonds. The molecule has 28 heavy (non-hydrogen) atoms. The highest BCUT2D eigenvalue weighted by Gasteiger charge is 2.06. The lowest BCUT2D eigenvalue weighted by Gasteiger charge is -2.12. The minimum atomic E-state index is -3.15. The number of hydrogen-bond acceptors (Lipinski definition) is 4. The van der Waals surface area contributed by atoms with E-state index < -0.39 is 9.84 Å². The third kappa shape index (κ3) is 7.23. The van der Waals surface area contributed by atoms with E-state index in [9.17, 15) is 8.42 Å². The van der Waals surface area contributed by atoms with Crippen LogP contribution in [-0.2, 0) is 22.7 Å². The first-order chi connectivity index (χ1) is 13.4.